The van der Waals surface area contributed by atoms with E-state index in [9.17, 15) is 18.7 Å². The van der Waals surface area contributed by atoms with Crippen molar-refractivity contribution in [2.45, 2.75) is 26.8 Å². The molecular weight excluding hydrogens is 328 g/mol. The van der Waals surface area contributed by atoms with E-state index in [4.69, 9.17) is 0 Å². The number of anilines is 1. The van der Waals surface area contributed by atoms with Crippen LogP contribution >= 0.6 is 0 Å². The summed E-state index contributed by atoms with van der Waals surface area (Å²) in [5.74, 6) is -0.699. The summed E-state index contributed by atoms with van der Waals surface area (Å²) >= 11 is 0. The fraction of sp³-hybridized carbons (Fsp3) is 0.444. The van der Waals surface area contributed by atoms with Gasteiger partial charge in [0.05, 0.1) is 6.04 Å². The number of hydrogen-bond acceptors (Lipinski definition) is 3. The van der Waals surface area contributed by atoms with Gasteiger partial charge in [0, 0.05) is 31.1 Å². The monoisotopic (exact) mass is 349 g/mol. The lowest BCUT2D eigenvalue weighted by atomic mass is 9.84. The average Bonchev–Trinajstić information content (AvgIpc) is 2.53. The van der Waals surface area contributed by atoms with Gasteiger partial charge in [-0.15, -0.1) is 0 Å². The second-order valence-electron chi connectivity index (χ2n) is 7.44. The first-order chi connectivity index (χ1) is 11.7. The summed E-state index contributed by atoms with van der Waals surface area (Å²) in [4.78, 5) is 18.8. The van der Waals surface area contributed by atoms with Gasteiger partial charge in [-0.1, -0.05) is 26.8 Å². The highest BCUT2D eigenvalue weighted by Crippen LogP contribution is 2.32. The highest BCUT2D eigenvalue weighted by molar-refractivity contribution is 5.92. The lowest BCUT2D eigenvalue weighted by Gasteiger charge is -2.46. The zero-order chi connectivity index (χ0) is 18.4. The fourth-order valence-electron chi connectivity index (χ4n) is 3.36. The van der Waals surface area contributed by atoms with Crippen molar-refractivity contribution < 1.29 is 18.7 Å². The quantitative estimate of drug-likeness (QED) is 0.797. The number of carboxylic acid groups (broad SMARTS) is 1. The van der Waals surface area contributed by atoms with E-state index in [1.165, 1.54) is 29.2 Å². The Balaban J connectivity index is 2.04. The molecule has 0 saturated carbocycles. The van der Waals surface area contributed by atoms with E-state index < -0.39 is 17.9 Å². The van der Waals surface area contributed by atoms with Crippen LogP contribution in [0.2, 0.25) is 0 Å². The molecule has 1 saturated heterocycles. The van der Waals surface area contributed by atoms with E-state index in [0.29, 0.717) is 29.7 Å². The minimum atomic E-state index is -0.970. The number of fused-ring (bicyclic) bond motifs is 1. The summed E-state index contributed by atoms with van der Waals surface area (Å²) in [6.07, 6.45) is -0.970. The van der Waals surface area contributed by atoms with Gasteiger partial charge in [0.15, 0.2) is 0 Å². The number of benzene rings is 1. The summed E-state index contributed by atoms with van der Waals surface area (Å²) in [5, 5.41) is 10.6. The van der Waals surface area contributed by atoms with Gasteiger partial charge in [0.2, 0.25) is 5.95 Å². The molecule has 3 rings (SSSR count). The molecule has 5 nitrogen and oxygen atoms in total. The van der Waals surface area contributed by atoms with Gasteiger partial charge in [-0.05, 0) is 22.9 Å². The number of halogens is 2. The molecule has 1 aliphatic rings. The first-order valence-corrected chi connectivity index (χ1v) is 8.17. The van der Waals surface area contributed by atoms with Crippen molar-refractivity contribution in [1.82, 2.24) is 9.88 Å². The topological polar surface area (TPSA) is 56.7 Å². The Labute approximate surface area is 144 Å². The van der Waals surface area contributed by atoms with Crippen molar-refractivity contribution in [2.24, 2.45) is 5.41 Å². The molecule has 1 unspecified atom stereocenters. The molecule has 1 N–H and O–H groups in total. The second-order valence-corrected chi connectivity index (χ2v) is 7.44. The van der Waals surface area contributed by atoms with Gasteiger partial charge >= 0.3 is 6.09 Å². The first kappa shape index (κ1) is 17.4. The van der Waals surface area contributed by atoms with Crippen LogP contribution in [0.4, 0.5) is 19.4 Å². The summed E-state index contributed by atoms with van der Waals surface area (Å²) in [7, 11) is 0. The number of pyridine rings is 1. The molecule has 134 valence electrons. The third-order valence-electron chi connectivity index (χ3n) is 4.67. The number of hydrogen-bond donors (Lipinski definition) is 1. The minimum absolute atomic E-state index is 0.284. The van der Waals surface area contributed by atoms with Crippen molar-refractivity contribution in [3.05, 3.63) is 36.0 Å². The third-order valence-corrected chi connectivity index (χ3v) is 4.67. The van der Waals surface area contributed by atoms with E-state index >= 15 is 0 Å². The number of nitrogens with zero attached hydrogens (tertiary/aromatic N) is 3. The number of amides is 1. The highest BCUT2D eigenvalue weighted by Gasteiger charge is 2.38. The summed E-state index contributed by atoms with van der Waals surface area (Å²) in [6, 6.07) is 5.13. The number of rotatable bonds is 1. The molecule has 25 heavy (non-hydrogen) atoms. The molecule has 0 radical (unpaired) electrons. The van der Waals surface area contributed by atoms with Gasteiger partial charge in [0.25, 0.3) is 0 Å². The summed E-state index contributed by atoms with van der Waals surface area (Å²) in [6.45, 7) is 6.93. The van der Waals surface area contributed by atoms with Crippen molar-refractivity contribution in [2.75, 3.05) is 24.5 Å². The molecule has 1 aromatic carbocycles. The maximum Gasteiger partial charge on any atom is 0.407 e. The Morgan fingerprint density at radius 3 is 2.60 bits per heavy atom. The smallest absolute Gasteiger partial charge is 0.407 e. The van der Waals surface area contributed by atoms with E-state index in [1.54, 1.807) is 0 Å². The molecule has 2 heterocycles. The molecule has 1 aliphatic heterocycles. The van der Waals surface area contributed by atoms with Crippen LogP contribution < -0.4 is 4.90 Å². The zero-order valence-electron chi connectivity index (χ0n) is 14.5. The van der Waals surface area contributed by atoms with E-state index in [1.807, 2.05) is 25.7 Å². The Bertz CT molecular complexity index is 820. The van der Waals surface area contributed by atoms with Gasteiger partial charge in [-0.2, -0.15) is 4.39 Å². The average molecular weight is 349 g/mol. The maximum absolute atomic E-state index is 14.0. The Hall–Kier alpha value is -2.44. The Kier molecular flexibility index (Phi) is 4.26. The molecule has 7 heteroatoms. The van der Waals surface area contributed by atoms with Crippen LogP contribution in [-0.4, -0.2) is 46.8 Å². The molecule has 0 spiro atoms. The van der Waals surface area contributed by atoms with Crippen molar-refractivity contribution in [3.63, 3.8) is 0 Å². The third kappa shape index (κ3) is 3.36. The van der Waals surface area contributed by atoms with Gasteiger partial charge in [-0.3, -0.25) is 0 Å². The molecule has 0 bridgehead atoms. The number of piperazine rings is 1. The molecule has 1 atom stereocenters. The lowest BCUT2D eigenvalue weighted by molar-refractivity contribution is 0.0747. The second kappa shape index (κ2) is 6.13. The Morgan fingerprint density at radius 2 is 1.96 bits per heavy atom. The van der Waals surface area contributed by atoms with Crippen LogP contribution in [0.3, 0.4) is 0 Å². The standard InChI is InChI=1S/C18H21F2N3O2/c1-18(2,3)14-10-22(6-7-23(14)17(24)25)16-13-9-12(19)5-4-11(13)8-15(20)21-16/h4-5,8-9,14H,6-7,10H2,1-3H3,(H,24,25). The van der Waals surface area contributed by atoms with Crippen molar-refractivity contribution >= 4 is 22.7 Å². The van der Waals surface area contributed by atoms with Crippen LogP contribution in [0.25, 0.3) is 10.8 Å². The number of carbonyl (C=O) groups is 1. The SMILES string of the molecule is CC(C)(C)C1CN(c2nc(F)cc3ccc(F)cc23)CCN1C(=O)O. The first-order valence-electron chi connectivity index (χ1n) is 8.17. The van der Waals surface area contributed by atoms with Crippen molar-refractivity contribution in [1.29, 1.82) is 0 Å². The fourth-order valence-corrected chi connectivity index (χ4v) is 3.36. The van der Waals surface area contributed by atoms with Crippen LogP contribution in [0.5, 0.6) is 0 Å². The van der Waals surface area contributed by atoms with E-state index in [0.717, 1.165) is 0 Å². The maximum atomic E-state index is 14.0. The van der Waals surface area contributed by atoms with E-state index in [2.05, 4.69) is 4.98 Å². The largest absolute Gasteiger partial charge is 0.465 e. The van der Waals surface area contributed by atoms with Gasteiger partial charge in [0.1, 0.15) is 11.6 Å². The molecule has 2 aromatic rings. The predicted octanol–water partition coefficient (Wildman–Crippen LogP) is 3.73. The molecule has 0 aliphatic carbocycles. The molecular formula is C18H21F2N3O2. The van der Waals surface area contributed by atoms with Crippen LogP contribution in [0.15, 0.2) is 24.3 Å². The highest BCUT2D eigenvalue weighted by atomic mass is 19.1. The van der Waals surface area contributed by atoms with Gasteiger partial charge in [-0.25, -0.2) is 14.2 Å². The molecule has 1 amide bonds. The van der Waals surface area contributed by atoms with Crippen LogP contribution in [0.1, 0.15) is 20.8 Å². The Morgan fingerprint density at radius 1 is 1.24 bits per heavy atom. The zero-order valence-corrected chi connectivity index (χ0v) is 14.5. The van der Waals surface area contributed by atoms with Crippen molar-refractivity contribution in [3.8, 4) is 0 Å². The lowest BCUT2D eigenvalue weighted by Crippen LogP contribution is -2.59. The predicted molar refractivity (Wildman–Crippen MR) is 91.8 cm³/mol. The normalized spacial score (nSPS) is 18.7. The van der Waals surface area contributed by atoms with E-state index in [-0.39, 0.29) is 18.0 Å². The minimum Gasteiger partial charge on any atom is -0.465 e. The van der Waals surface area contributed by atoms with Gasteiger partial charge < -0.3 is 14.9 Å². The van der Waals surface area contributed by atoms with Crippen LogP contribution in [-0.2, 0) is 0 Å². The molecule has 1 fully saturated rings. The summed E-state index contributed by atoms with van der Waals surface area (Å²) in [5.41, 5.74) is -0.300. The number of aromatic nitrogens is 1. The van der Waals surface area contributed by atoms with Crippen LogP contribution in [0, 0.1) is 17.2 Å². The molecule has 1 aromatic heterocycles. The summed E-state index contributed by atoms with van der Waals surface area (Å²) < 4.78 is 27.6.